The minimum absolute atomic E-state index is 0.00810. The molecule has 1 N–H and O–H groups in total. The van der Waals surface area contributed by atoms with Gasteiger partial charge in [-0.2, -0.15) is 0 Å². The molecule has 1 aliphatic heterocycles. The largest absolute Gasteiger partial charge is 0.496 e. The highest BCUT2D eigenvalue weighted by Crippen LogP contribution is 2.32. The number of halogens is 1. The Balaban J connectivity index is 1.47. The van der Waals surface area contributed by atoms with Crippen LogP contribution in [0, 0.1) is 5.92 Å². The van der Waals surface area contributed by atoms with Crippen LogP contribution in [-0.2, 0) is 4.79 Å². The van der Waals surface area contributed by atoms with Gasteiger partial charge < -0.3 is 19.5 Å². The van der Waals surface area contributed by atoms with Crippen molar-refractivity contribution in [2.24, 2.45) is 5.92 Å². The lowest BCUT2D eigenvalue weighted by Crippen LogP contribution is -2.43. The summed E-state index contributed by atoms with van der Waals surface area (Å²) in [6.45, 7) is 1.11. The molecule has 0 spiro atoms. The van der Waals surface area contributed by atoms with Crippen LogP contribution in [0.25, 0.3) is 5.69 Å². The predicted octanol–water partition coefficient (Wildman–Crippen LogP) is 3.27. The summed E-state index contributed by atoms with van der Waals surface area (Å²) in [5, 5.41) is 3.55. The maximum Gasteiger partial charge on any atom is 0.257 e. The molecule has 148 valence electrons. The van der Waals surface area contributed by atoms with Gasteiger partial charge in [0.15, 0.2) is 0 Å². The van der Waals surface area contributed by atoms with Gasteiger partial charge in [-0.05, 0) is 43.9 Å². The first-order valence-corrected chi connectivity index (χ1v) is 10.0. The first-order chi connectivity index (χ1) is 13.6. The van der Waals surface area contributed by atoms with Crippen LogP contribution in [0.5, 0.6) is 5.75 Å². The van der Waals surface area contributed by atoms with Gasteiger partial charge in [0, 0.05) is 43.5 Å². The molecule has 0 radical (unpaired) electrons. The van der Waals surface area contributed by atoms with E-state index in [2.05, 4.69) is 5.32 Å². The van der Waals surface area contributed by atoms with Gasteiger partial charge in [-0.25, -0.2) is 0 Å². The van der Waals surface area contributed by atoms with Crippen LogP contribution in [0.1, 0.15) is 36.0 Å². The molecule has 2 aliphatic rings. The number of hydrogen-bond donors (Lipinski definition) is 1. The molecule has 1 saturated heterocycles. The van der Waals surface area contributed by atoms with Gasteiger partial charge in [0.25, 0.3) is 5.91 Å². The van der Waals surface area contributed by atoms with E-state index in [1.165, 1.54) is 0 Å². The number of hydrogen-bond acceptors (Lipinski definition) is 3. The molecule has 6 nitrogen and oxygen atoms in total. The summed E-state index contributed by atoms with van der Waals surface area (Å²) >= 11 is 6.45. The number of amides is 2. The molecule has 7 heteroatoms. The van der Waals surface area contributed by atoms with E-state index in [1.54, 1.807) is 24.1 Å². The molecule has 4 rings (SSSR count). The van der Waals surface area contributed by atoms with Crippen molar-refractivity contribution in [3.05, 3.63) is 47.2 Å². The SMILES string of the molecule is COc1cc(-n2cccc2)c(Cl)cc1C(=O)N1CCC(C(=O)NC2CC2)CC1. The number of carbonyl (C=O) groups is 2. The highest BCUT2D eigenvalue weighted by molar-refractivity contribution is 6.33. The van der Waals surface area contributed by atoms with Gasteiger partial charge in [0.2, 0.25) is 5.91 Å². The van der Waals surface area contributed by atoms with Gasteiger partial charge in [-0.3, -0.25) is 9.59 Å². The highest BCUT2D eigenvalue weighted by Gasteiger charge is 2.32. The Morgan fingerprint density at radius 1 is 1.11 bits per heavy atom. The van der Waals surface area contributed by atoms with Crippen LogP contribution >= 0.6 is 11.6 Å². The first-order valence-electron chi connectivity index (χ1n) is 9.67. The lowest BCUT2D eigenvalue weighted by molar-refractivity contribution is -0.126. The maximum atomic E-state index is 13.1. The summed E-state index contributed by atoms with van der Waals surface area (Å²) in [4.78, 5) is 27.1. The Bertz CT molecular complexity index is 869. The number of aromatic nitrogens is 1. The molecule has 2 fully saturated rings. The molecule has 1 saturated carbocycles. The number of benzene rings is 1. The van der Waals surface area contributed by atoms with E-state index in [4.69, 9.17) is 16.3 Å². The monoisotopic (exact) mass is 401 g/mol. The van der Waals surface area contributed by atoms with Crippen molar-refractivity contribution in [2.45, 2.75) is 31.7 Å². The molecule has 0 bridgehead atoms. The van der Waals surface area contributed by atoms with Gasteiger partial charge in [-0.1, -0.05) is 11.6 Å². The highest BCUT2D eigenvalue weighted by atomic mass is 35.5. The molecule has 2 heterocycles. The van der Waals surface area contributed by atoms with E-state index in [0.717, 1.165) is 18.5 Å². The van der Waals surface area contributed by atoms with E-state index in [1.807, 2.05) is 29.1 Å². The molecular weight excluding hydrogens is 378 g/mol. The number of nitrogens with zero attached hydrogens (tertiary/aromatic N) is 2. The number of likely N-dealkylation sites (tertiary alicyclic amines) is 1. The van der Waals surface area contributed by atoms with Crippen LogP contribution in [0.2, 0.25) is 5.02 Å². The van der Waals surface area contributed by atoms with Crippen molar-refractivity contribution < 1.29 is 14.3 Å². The molecular formula is C21H24ClN3O3. The third-order valence-electron chi connectivity index (χ3n) is 5.46. The van der Waals surface area contributed by atoms with E-state index in [0.29, 0.717) is 48.3 Å². The predicted molar refractivity (Wildman–Crippen MR) is 107 cm³/mol. The van der Waals surface area contributed by atoms with Gasteiger partial charge in [0.05, 0.1) is 23.4 Å². The first kappa shape index (κ1) is 18.9. The summed E-state index contributed by atoms with van der Waals surface area (Å²) in [5.41, 5.74) is 1.21. The molecule has 0 atom stereocenters. The number of carbonyl (C=O) groups excluding carboxylic acids is 2. The van der Waals surface area contributed by atoms with Crippen LogP contribution in [-0.4, -0.2) is 47.5 Å². The summed E-state index contributed by atoms with van der Waals surface area (Å²) in [7, 11) is 1.55. The molecule has 28 heavy (non-hydrogen) atoms. The lowest BCUT2D eigenvalue weighted by Gasteiger charge is -2.32. The number of ether oxygens (including phenoxy) is 1. The average molecular weight is 402 g/mol. The summed E-state index contributed by atoms with van der Waals surface area (Å²) < 4.78 is 7.36. The van der Waals surface area contributed by atoms with Crippen molar-refractivity contribution in [3.8, 4) is 11.4 Å². The third-order valence-corrected chi connectivity index (χ3v) is 5.76. The second kappa shape index (κ2) is 7.87. The fourth-order valence-electron chi connectivity index (χ4n) is 3.63. The third kappa shape index (κ3) is 3.87. The Kier molecular flexibility index (Phi) is 5.31. The minimum atomic E-state index is -0.112. The van der Waals surface area contributed by atoms with Crippen molar-refractivity contribution in [1.82, 2.24) is 14.8 Å². The molecule has 2 aromatic rings. The number of piperidine rings is 1. The molecule has 1 aromatic heterocycles. The zero-order chi connectivity index (χ0) is 19.7. The van der Waals surface area contributed by atoms with E-state index in [-0.39, 0.29) is 17.7 Å². The van der Waals surface area contributed by atoms with E-state index in [9.17, 15) is 9.59 Å². The zero-order valence-electron chi connectivity index (χ0n) is 15.9. The smallest absolute Gasteiger partial charge is 0.257 e. The van der Waals surface area contributed by atoms with Crippen LogP contribution in [0.15, 0.2) is 36.7 Å². The van der Waals surface area contributed by atoms with Crippen LogP contribution in [0.4, 0.5) is 0 Å². The number of nitrogens with one attached hydrogen (secondary N) is 1. The van der Waals surface area contributed by atoms with Crippen molar-refractivity contribution in [3.63, 3.8) is 0 Å². The molecule has 1 aliphatic carbocycles. The van der Waals surface area contributed by atoms with Crippen molar-refractivity contribution in [1.29, 1.82) is 0 Å². The number of rotatable bonds is 5. The summed E-state index contributed by atoms with van der Waals surface area (Å²) in [6.07, 6.45) is 7.31. The number of methoxy groups -OCH3 is 1. The molecule has 0 unspecified atom stereocenters. The normalized spacial score (nSPS) is 17.4. The molecule has 1 aromatic carbocycles. The van der Waals surface area contributed by atoms with Crippen LogP contribution < -0.4 is 10.1 Å². The summed E-state index contributed by atoms with van der Waals surface area (Å²) in [6, 6.07) is 7.64. The average Bonchev–Trinajstić information content (AvgIpc) is 3.36. The second-order valence-electron chi connectivity index (χ2n) is 7.44. The standard InChI is InChI=1S/C21H24ClN3O3/c1-28-19-13-18(24-8-2-3-9-24)17(22)12-16(19)21(27)25-10-6-14(7-11-25)20(26)23-15-4-5-15/h2-3,8-9,12-15H,4-7,10-11H2,1H3,(H,23,26). The fourth-order valence-corrected chi connectivity index (χ4v) is 3.89. The van der Waals surface area contributed by atoms with E-state index >= 15 is 0 Å². The van der Waals surface area contributed by atoms with Gasteiger partial charge >= 0.3 is 0 Å². The quantitative estimate of drug-likeness (QED) is 0.836. The minimum Gasteiger partial charge on any atom is -0.496 e. The van der Waals surface area contributed by atoms with Crippen molar-refractivity contribution >= 4 is 23.4 Å². The Morgan fingerprint density at radius 3 is 2.39 bits per heavy atom. The summed E-state index contributed by atoms with van der Waals surface area (Å²) in [5.74, 6) is 0.503. The second-order valence-corrected chi connectivity index (χ2v) is 7.85. The van der Waals surface area contributed by atoms with Gasteiger partial charge in [0.1, 0.15) is 5.75 Å². The Hall–Kier alpha value is -2.47. The Morgan fingerprint density at radius 2 is 1.79 bits per heavy atom. The fraction of sp³-hybridized carbons (Fsp3) is 0.429. The zero-order valence-corrected chi connectivity index (χ0v) is 16.6. The van der Waals surface area contributed by atoms with Gasteiger partial charge in [-0.15, -0.1) is 0 Å². The van der Waals surface area contributed by atoms with E-state index < -0.39 is 0 Å². The maximum absolute atomic E-state index is 13.1. The topological polar surface area (TPSA) is 63.6 Å². The lowest BCUT2D eigenvalue weighted by atomic mass is 9.95. The Labute approximate surface area is 169 Å². The van der Waals surface area contributed by atoms with Crippen molar-refractivity contribution in [2.75, 3.05) is 20.2 Å². The molecule has 2 amide bonds. The van der Waals surface area contributed by atoms with Crippen LogP contribution in [0.3, 0.4) is 0 Å².